The standard InChI is InChI=1S/C54H58O29/c1-54(69,16-32(57)76-18-30-36(59)40(63)42(65)52(82-30)80-24-10-8-20(12-28(24)70-2)26-14-22(55)34-38(61)48(72-4)44(67)50(74-6)46(34)78-26)17-33(58)77-19-31-37(60)41(64)43(66)53(83-31)81-25-11-9-21(13-29(25)71-3)27-15-23(56)35-39(62)49(73-5)45(68)51(75-7)47(35)79-27/h8-15,30-31,36-37,40-43,52-53,59-69H,16-19H2,1-7H3/t30-,31-,36-,37-,40-,41-,42-,43-,52+,53+/m0/s1. The van der Waals surface area contributed by atoms with E-state index in [2.05, 4.69) is 0 Å². The Morgan fingerprint density at radius 2 is 0.843 bits per heavy atom. The fraction of sp³-hybridized carbons (Fsp3) is 0.407. The highest BCUT2D eigenvalue weighted by Gasteiger charge is 2.48. The number of rotatable bonds is 20. The quantitative estimate of drug-likeness (QED) is 0.0471. The van der Waals surface area contributed by atoms with Crippen LogP contribution < -0.4 is 48.8 Å². The lowest BCUT2D eigenvalue weighted by atomic mass is 9.97. The molecule has 0 amide bonds. The van der Waals surface area contributed by atoms with Gasteiger partial charge in [-0.2, -0.15) is 0 Å². The summed E-state index contributed by atoms with van der Waals surface area (Å²) in [5.74, 6) is -6.82. The van der Waals surface area contributed by atoms with E-state index >= 15 is 0 Å². The van der Waals surface area contributed by atoms with Crippen molar-refractivity contribution in [2.45, 2.75) is 86.8 Å². The molecule has 10 atom stereocenters. The lowest BCUT2D eigenvalue weighted by molar-refractivity contribution is -0.279. The molecule has 0 unspecified atom stereocenters. The molecule has 0 radical (unpaired) electrons. The Morgan fingerprint density at radius 3 is 1.18 bits per heavy atom. The highest BCUT2D eigenvalue weighted by Crippen LogP contribution is 2.51. The maximum Gasteiger partial charge on any atom is 0.308 e. The van der Waals surface area contributed by atoms with Gasteiger partial charge in [-0.15, -0.1) is 0 Å². The first-order valence-electron chi connectivity index (χ1n) is 24.8. The van der Waals surface area contributed by atoms with Crippen LogP contribution in [0.15, 0.2) is 67.0 Å². The minimum Gasteiger partial charge on any atom is -0.504 e. The third-order valence-electron chi connectivity index (χ3n) is 13.5. The molecule has 29 heteroatoms. The normalized spacial score (nSPS) is 23.2. The summed E-state index contributed by atoms with van der Waals surface area (Å²) in [7, 11) is 7.21. The molecule has 83 heavy (non-hydrogen) atoms. The molecule has 0 aliphatic carbocycles. The fourth-order valence-corrected chi connectivity index (χ4v) is 9.20. The maximum atomic E-state index is 13.2. The van der Waals surface area contributed by atoms with Gasteiger partial charge in [-0.25, -0.2) is 0 Å². The van der Waals surface area contributed by atoms with Crippen molar-refractivity contribution in [3.63, 3.8) is 0 Å². The Morgan fingerprint density at radius 1 is 0.482 bits per heavy atom. The van der Waals surface area contributed by atoms with Crippen molar-refractivity contribution in [1.29, 1.82) is 0 Å². The monoisotopic (exact) mass is 1170 g/mol. The van der Waals surface area contributed by atoms with E-state index in [1.165, 1.54) is 64.8 Å². The summed E-state index contributed by atoms with van der Waals surface area (Å²) in [5, 5.41) is 118. The number of phenolic OH excluding ortho intramolecular Hbond substituents is 4. The average molecular weight is 1170 g/mol. The number of aromatic hydroxyl groups is 4. The number of aliphatic hydroxyl groups is 7. The minimum atomic E-state index is -2.16. The topological polar surface area (TPSA) is 428 Å². The second-order valence-corrected chi connectivity index (χ2v) is 19.1. The number of carbonyl (C=O) groups excluding carboxylic acids is 2. The van der Waals surface area contributed by atoms with E-state index < -0.39 is 150 Å². The predicted octanol–water partition coefficient (Wildman–Crippen LogP) is 0.798. The Balaban J connectivity index is 0.860. The van der Waals surface area contributed by atoms with Crippen molar-refractivity contribution in [3.8, 4) is 91.6 Å². The van der Waals surface area contributed by atoms with Gasteiger partial charge in [0.1, 0.15) is 84.3 Å². The lowest BCUT2D eigenvalue weighted by Gasteiger charge is -2.40. The molecule has 0 bridgehead atoms. The van der Waals surface area contributed by atoms with Gasteiger partial charge in [0.2, 0.25) is 47.1 Å². The molecule has 2 aliphatic rings. The zero-order chi connectivity index (χ0) is 60.5. The number of methoxy groups -OCH3 is 6. The first-order valence-corrected chi connectivity index (χ1v) is 24.8. The minimum absolute atomic E-state index is 0.0358. The number of benzene rings is 4. The number of hydrogen-bond donors (Lipinski definition) is 11. The van der Waals surface area contributed by atoms with E-state index in [-0.39, 0.29) is 79.1 Å². The van der Waals surface area contributed by atoms with Gasteiger partial charge in [-0.3, -0.25) is 19.2 Å². The molecule has 6 aromatic rings. The zero-order valence-corrected chi connectivity index (χ0v) is 45.0. The summed E-state index contributed by atoms with van der Waals surface area (Å²) in [6.45, 7) is -0.467. The molecule has 2 aromatic heterocycles. The van der Waals surface area contributed by atoms with E-state index in [0.717, 1.165) is 33.3 Å². The summed E-state index contributed by atoms with van der Waals surface area (Å²) in [5.41, 5.74) is -3.84. The number of carbonyl (C=O) groups is 2. The van der Waals surface area contributed by atoms with Gasteiger partial charge in [-0.05, 0) is 43.3 Å². The van der Waals surface area contributed by atoms with Gasteiger partial charge >= 0.3 is 11.9 Å². The van der Waals surface area contributed by atoms with Gasteiger partial charge in [0.15, 0.2) is 56.5 Å². The summed E-state index contributed by atoms with van der Waals surface area (Å²) < 4.78 is 76.7. The van der Waals surface area contributed by atoms with E-state index in [1.807, 2.05) is 0 Å². The molecule has 448 valence electrons. The first-order chi connectivity index (χ1) is 39.4. The van der Waals surface area contributed by atoms with Crippen molar-refractivity contribution >= 4 is 33.9 Å². The smallest absolute Gasteiger partial charge is 0.308 e. The SMILES string of the molecule is COc1cc(-c2cc(=O)c3c(O)c(OC)c(O)c(OC)c3o2)ccc1O[C@@H]1O[C@@H](COC(=O)CC(C)(O)CC(=O)OC[C@@H]2O[C@@H](Oc3ccc(-c4cc(=O)c5c(O)c(OC)c(O)c(OC)c5o4)cc3OC)[C@@H](O)[C@@H](O)[C@H]2O)[C@H](O)[C@H](O)[C@@H]1O. The van der Waals surface area contributed by atoms with Crippen LogP contribution in [0.4, 0.5) is 0 Å². The van der Waals surface area contributed by atoms with Crippen molar-refractivity contribution in [3.05, 3.63) is 69.0 Å². The molecule has 0 saturated carbocycles. The number of fused-ring (bicyclic) bond motifs is 2. The van der Waals surface area contributed by atoms with Crippen molar-refractivity contribution in [1.82, 2.24) is 0 Å². The summed E-state index contributed by atoms with van der Waals surface area (Å²) in [6.07, 6.45) is -19.7. The molecular weight excluding hydrogens is 1110 g/mol. The second kappa shape index (κ2) is 24.5. The summed E-state index contributed by atoms with van der Waals surface area (Å²) in [6, 6.07) is 10.2. The van der Waals surface area contributed by atoms with E-state index in [1.54, 1.807) is 0 Å². The third kappa shape index (κ3) is 11.9. The Labute approximate surface area is 467 Å². The number of phenols is 4. The first kappa shape index (κ1) is 60.6. The molecule has 2 saturated heterocycles. The Bertz CT molecular complexity index is 3290. The third-order valence-corrected chi connectivity index (χ3v) is 13.5. The molecule has 0 spiro atoms. The van der Waals surface area contributed by atoms with Crippen LogP contribution >= 0.6 is 0 Å². The van der Waals surface area contributed by atoms with Gasteiger partial charge in [0.25, 0.3) is 0 Å². The van der Waals surface area contributed by atoms with E-state index in [9.17, 15) is 75.3 Å². The average Bonchev–Trinajstić information content (AvgIpc) is 2.58. The number of aliphatic hydroxyl groups excluding tert-OH is 6. The Hall–Kier alpha value is -8.52. The van der Waals surface area contributed by atoms with Crippen LogP contribution in [0.2, 0.25) is 0 Å². The molecule has 4 heterocycles. The van der Waals surface area contributed by atoms with Gasteiger partial charge in [0.05, 0.1) is 61.1 Å². The van der Waals surface area contributed by atoms with Crippen LogP contribution in [0.25, 0.3) is 44.6 Å². The van der Waals surface area contributed by atoms with Crippen molar-refractivity contribution < 1.29 is 131 Å². The van der Waals surface area contributed by atoms with Crippen LogP contribution in [0.5, 0.6) is 69.0 Å². The zero-order valence-electron chi connectivity index (χ0n) is 45.0. The molecule has 2 fully saturated rings. The van der Waals surface area contributed by atoms with Crippen LogP contribution in [-0.2, 0) is 28.5 Å². The van der Waals surface area contributed by atoms with Crippen LogP contribution in [0.1, 0.15) is 19.8 Å². The lowest BCUT2D eigenvalue weighted by Crippen LogP contribution is -2.60. The van der Waals surface area contributed by atoms with Crippen molar-refractivity contribution in [2.75, 3.05) is 55.9 Å². The van der Waals surface area contributed by atoms with Crippen molar-refractivity contribution in [2.24, 2.45) is 0 Å². The largest absolute Gasteiger partial charge is 0.504 e. The molecule has 2 aliphatic heterocycles. The molecular formula is C54H58O29. The molecule has 8 rings (SSSR count). The van der Waals surface area contributed by atoms with Gasteiger partial charge in [0, 0.05) is 23.3 Å². The van der Waals surface area contributed by atoms with Crippen LogP contribution in [0.3, 0.4) is 0 Å². The van der Waals surface area contributed by atoms with E-state index in [0.29, 0.717) is 0 Å². The molecule has 4 aromatic carbocycles. The van der Waals surface area contributed by atoms with Crippen LogP contribution in [0, 0.1) is 0 Å². The van der Waals surface area contributed by atoms with Crippen LogP contribution in [-0.4, -0.2) is 191 Å². The van der Waals surface area contributed by atoms with Gasteiger partial charge in [-0.1, -0.05) is 0 Å². The number of hydrogen-bond acceptors (Lipinski definition) is 29. The molecule has 11 N–H and O–H groups in total. The highest BCUT2D eigenvalue weighted by atomic mass is 16.7. The summed E-state index contributed by atoms with van der Waals surface area (Å²) >= 11 is 0. The Kier molecular flexibility index (Phi) is 17.9. The number of esters is 2. The predicted molar refractivity (Wildman–Crippen MR) is 278 cm³/mol. The van der Waals surface area contributed by atoms with Gasteiger partial charge < -0.3 is 122 Å². The second-order valence-electron chi connectivity index (χ2n) is 19.1. The molecule has 29 nitrogen and oxygen atoms in total. The number of ether oxygens (including phenoxy) is 12. The highest BCUT2D eigenvalue weighted by molar-refractivity contribution is 5.96. The summed E-state index contributed by atoms with van der Waals surface area (Å²) in [4.78, 5) is 52.5. The fourth-order valence-electron chi connectivity index (χ4n) is 9.20. The van der Waals surface area contributed by atoms with E-state index in [4.69, 9.17) is 65.7 Å². The maximum absolute atomic E-state index is 13.2.